The number of hydrogen-bond donors (Lipinski definition) is 1. The molecule has 0 saturated carbocycles. The van der Waals surface area contributed by atoms with E-state index < -0.39 is 0 Å². The molecule has 0 spiro atoms. The molecule has 0 saturated heterocycles. The number of hydrogen-bond acceptors (Lipinski definition) is 3. The van der Waals surface area contributed by atoms with Crippen molar-refractivity contribution in [3.05, 3.63) is 29.8 Å². The van der Waals surface area contributed by atoms with Crippen LogP contribution in [0.5, 0.6) is 5.75 Å². The van der Waals surface area contributed by atoms with Crippen molar-refractivity contribution in [2.75, 3.05) is 32.9 Å². The summed E-state index contributed by atoms with van der Waals surface area (Å²) in [5.41, 5.74) is 1.52. The summed E-state index contributed by atoms with van der Waals surface area (Å²) >= 11 is 0. The van der Waals surface area contributed by atoms with Crippen LogP contribution in [-0.2, 0) is 10.2 Å². The molecule has 0 bridgehead atoms. The topological polar surface area (TPSA) is 30.5 Å². The van der Waals surface area contributed by atoms with Gasteiger partial charge in [-0.3, -0.25) is 0 Å². The summed E-state index contributed by atoms with van der Waals surface area (Å²) in [7, 11) is 0. The van der Waals surface area contributed by atoms with Gasteiger partial charge < -0.3 is 14.8 Å². The first-order valence-corrected chi connectivity index (χ1v) is 8.06. The molecule has 0 aliphatic heterocycles. The van der Waals surface area contributed by atoms with Crippen LogP contribution in [0.3, 0.4) is 0 Å². The minimum atomic E-state index is 0.192. The standard InChI is InChI=1S/C18H31NO2/c1-5-6-13-20-14-11-19-12-15-21-17-9-7-16(8-10-17)18(2,3)4/h7-10,19H,5-6,11-15H2,1-4H3. The molecule has 120 valence electrons. The lowest BCUT2D eigenvalue weighted by molar-refractivity contribution is 0.132. The van der Waals surface area contributed by atoms with Crippen molar-refractivity contribution in [1.82, 2.24) is 5.32 Å². The molecule has 0 amide bonds. The first-order valence-electron chi connectivity index (χ1n) is 8.06. The predicted octanol–water partition coefficient (Wildman–Crippen LogP) is 3.77. The van der Waals surface area contributed by atoms with Gasteiger partial charge in [0.2, 0.25) is 0 Å². The highest BCUT2D eigenvalue weighted by atomic mass is 16.5. The molecular formula is C18H31NO2. The monoisotopic (exact) mass is 293 g/mol. The molecule has 0 heterocycles. The van der Waals surface area contributed by atoms with Crippen LogP contribution in [0.2, 0.25) is 0 Å². The van der Waals surface area contributed by atoms with Crippen LogP contribution in [0, 0.1) is 0 Å². The lowest BCUT2D eigenvalue weighted by atomic mass is 9.87. The maximum absolute atomic E-state index is 5.72. The van der Waals surface area contributed by atoms with E-state index in [-0.39, 0.29) is 5.41 Å². The Kier molecular flexibility index (Phi) is 8.40. The molecule has 0 atom stereocenters. The second kappa shape index (κ2) is 9.80. The van der Waals surface area contributed by atoms with Crippen LogP contribution in [-0.4, -0.2) is 32.9 Å². The van der Waals surface area contributed by atoms with E-state index in [4.69, 9.17) is 9.47 Å². The number of unbranched alkanes of at least 4 members (excludes halogenated alkanes) is 1. The second-order valence-electron chi connectivity index (χ2n) is 6.34. The summed E-state index contributed by atoms with van der Waals surface area (Å²) < 4.78 is 11.2. The van der Waals surface area contributed by atoms with E-state index in [9.17, 15) is 0 Å². The zero-order valence-corrected chi connectivity index (χ0v) is 14.1. The third kappa shape index (κ3) is 8.08. The lowest BCUT2D eigenvalue weighted by Gasteiger charge is -2.19. The lowest BCUT2D eigenvalue weighted by Crippen LogP contribution is -2.25. The Morgan fingerprint density at radius 1 is 0.952 bits per heavy atom. The van der Waals surface area contributed by atoms with Gasteiger partial charge in [0.25, 0.3) is 0 Å². The molecule has 3 nitrogen and oxygen atoms in total. The highest BCUT2D eigenvalue weighted by Crippen LogP contribution is 2.24. The van der Waals surface area contributed by atoms with Crippen LogP contribution in [0.4, 0.5) is 0 Å². The van der Waals surface area contributed by atoms with E-state index >= 15 is 0 Å². The van der Waals surface area contributed by atoms with Crippen LogP contribution < -0.4 is 10.1 Å². The Labute approximate surface area is 130 Å². The fourth-order valence-corrected chi connectivity index (χ4v) is 1.91. The van der Waals surface area contributed by atoms with Gasteiger partial charge in [-0.25, -0.2) is 0 Å². The fourth-order valence-electron chi connectivity index (χ4n) is 1.91. The highest BCUT2D eigenvalue weighted by Gasteiger charge is 2.12. The third-order valence-corrected chi connectivity index (χ3v) is 3.33. The molecule has 21 heavy (non-hydrogen) atoms. The molecule has 1 aromatic rings. The van der Waals surface area contributed by atoms with Gasteiger partial charge in [-0.2, -0.15) is 0 Å². The van der Waals surface area contributed by atoms with Crippen molar-refractivity contribution in [2.45, 2.75) is 46.0 Å². The highest BCUT2D eigenvalue weighted by molar-refractivity contribution is 5.31. The van der Waals surface area contributed by atoms with Gasteiger partial charge in [-0.15, -0.1) is 0 Å². The molecule has 0 aliphatic carbocycles. The van der Waals surface area contributed by atoms with Gasteiger partial charge in [0.1, 0.15) is 12.4 Å². The normalized spacial score (nSPS) is 11.6. The SMILES string of the molecule is CCCCOCCNCCOc1ccc(C(C)(C)C)cc1. The first kappa shape index (κ1) is 18.0. The summed E-state index contributed by atoms with van der Waals surface area (Å²) in [4.78, 5) is 0. The number of rotatable bonds is 10. The molecule has 0 unspecified atom stereocenters. The van der Waals surface area contributed by atoms with E-state index in [2.05, 4.69) is 57.3 Å². The van der Waals surface area contributed by atoms with Crippen LogP contribution in [0.15, 0.2) is 24.3 Å². The summed E-state index contributed by atoms with van der Waals surface area (Å²) in [6.45, 7) is 12.9. The van der Waals surface area contributed by atoms with Gasteiger partial charge in [0.15, 0.2) is 0 Å². The minimum Gasteiger partial charge on any atom is -0.492 e. The van der Waals surface area contributed by atoms with Crippen molar-refractivity contribution in [3.8, 4) is 5.75 Å². The summed E-state index contributed by atoms with van der Waals surface area (Å²) in [6, 6.07) is 8.39. The van der Waals surface area contributed by atoms with Gasteiger partial charge in [-0.05, 0) is 29.5 Å². The fraction of sp³-hybridized carbons (Fsp3) is 0.667. The van der Waals surface area contributed by atoms with Gasteiger partial charge in [-0.1, -0.05) is 46.2 Å². The zero-order valence-electron chi connectivity index (χ0n) is 14.1. The molecule has 1 aromatic carbocycles. The number of benzene rings is 1. The molecule has 1 rings (SSSR count). The van der Waals surface area contributed by atoms with Crippen LogP contribution in [0.1, 0.15) is 46.1 Å². The number of nitrogens with one attached hydrogen (secondary N) is 1. The summed E-state index contributed by atoms with van der Waals surface area (Å²) in [6.07, 6.45) is 2.34. The smallest absolute Gasteiger partial charge is 0.119 e. The Hall–Kier alpha value is -1.06. The van der Waals surface area contributed by atoms with Crippen molar-refractivity contribution in [3.63, 3.8) is 0 Å². The average Bonchev–Trinajstić information content (AvgIpc) is 2.45. The summed E-state index contributed by atoms with van der Waals surface area (Å²) in [5.74, 6) is 0.934. The molecule has 0 fully saturated rings. The third-order valence-electron chi connectivity index (χ3n) is 3.33. The van der Waals surface area contributed by atoms with Crippen LogP contribution in [0.25, 0.3) is 0 Å². The van der Waals surface area contributed by atoms with E-state index in [1.54, 1.807) is 0 Å². The quantitative estimate of drug-likeness (QED) is 0.666. The van der Waals surface area contributed by atoms with Crippen molar-refractivity contribution in [1.29, 1.82) is 0 Å². The molecule has 0 aliphatic rings. The molecule has 0 radical (unpaired) electrons. The van der Waals surface area contributed by atoms with Crippen molar-refractivity contribution < 1.29 is 9.47 Å². The van der Waals surface area contributed by atoms with Crippen molar-refractivity contribution >= 4 is 0 Å². The average molecular weight is 293 g/mol. The van der Waals surface area contributed by atoms with E-state index in [1.807, 2.05) is 0 Å². The Morgan fingerprint density at radius 2 is 1.62 bits per heavy atom. The van der Waals surface area contributed by atoms with Crippen molar-refractivity contribution in [2.24, 2.45) is 0 Å². The van der Waals surface area contributed by atoms with Gasteiger partial charge in [0, 0.05) is 19.7 Å². The van der Waals surface area contributed by atoms with E-state index in [1.165, 1.54) is 12.0 Å². The van der Waals surface area contributed by atoms with Gasteiger partial charge >= 0.3 is 0 Å². The zero-order chi connectivity index (χ0) is 15.6. The molecular weight excluding hydrogens is 262 g/mol. The Bertz CT molecular complexity index is 368. The molecule has 1 N–H and O–H groups in total. The van der Waals surface area contributed by atoms with Gasteiger partial charge in [0.05, 0.1) is 6.61 Å². The van der Waals surface area contributed by atoms with E-state index in [0.717, 1.165) is 38.5 Å². The number of ether oxygens (including phenoxy) is 2. The maximum Gasteiger partial charge on any atom is 0.119 e. The Morgan fingerprint density at radius 3 is 2.24 bits per heavy atom. The molecule has 3 heteroatoms. The minimum absolute atomic E-state index is 0.192. The maximum atomic E-state index is 5.72. The summed E-state index contributed by atoms with van der Waals surface area (Å²) in [5, 5.41) is 3.32. The molecule has 0 aromatic heterocycles. The van der Waals surface area contributed by atoms with E-state index in [0.29, 0.717) is 6.61 Å². The largest absolute Gasteiger partial charge is 0.492 e. The predicted molar refractivity (Wildman–Crippen MR) is 89.2 cm³/mol. The second-order valence-corrected chi connectivity index (χ2v) is 6.34. The Balaban J connectivity index is 2.08. The van der Waals surface area contributed by atoms with Crippen LogP contribution >= 0.6 is 0 Å². The first-order chi connectivity index (χ1) is 10.0.